The lowest BCUT2D eigenvalue weighted by Gasteiger charge is -2.38. The summed E-state index contributed by atoms with van der Waals surface area (Å²) < 4.78 is 18.0. The summed E-state index contributed by atoms with van der Waals surface area (Å²) in [7, 11) is 0. The fourth-order valence-corrected chi connectivity index (χ4v) is 5.69. The topological polar surface area (TPSA) is 94.1 Å². The highest BCUT2D eigenvalue weighted by Crippen LogP contribution is 2.38. The molecule has 8 heteroatoms. The first-order valence-electron chi connectivity index (χ1n) is 13.7. The maximum absolute atomic E-state index is 13.3. The van der Waals surface area contributed by atoms with Crippen molar-refractivity contribution in [3.63, 3.8) is 0 Å². The van der Waals surface area contributed by atoms with Crippen LogP contribution in [0.1, 0.15) is 53.9 Å². The molecule has 4 rings (SSSR count). The number of benzene rings is 2. The first-order chi connectivity index (χ1) is 18.5. The Bertz CT molecular complexity index is 1190. The van der Waals surface area contributed by atoms with Crippen molar-refractivity contribution in [1.82, 2.24) is 5.32 Å². The molecule has 39 heavy (non-hydrogen) atoms. The Morgan fingerprint density at radius 1 is 1.03 bits per heavy atom. The number of aromatic hydroxyl groups is 1. The Morgan fingerprint density at radius 3 is 2.23 bits per heavy atom. The Balaban J connectivity index is 1.46. The van der Waals surface area contributed by atoms with Crippen molar-refractivity contribution in [2.45, 2.75) is 72.3 Å². The average Bonchev–Trinajstić information content (AvgIpc) is 3.14. The lowest BCUT2D eigenvalue weighted by molar-refractivity contribution is -0.182. The summed E-state index contributed by atoms with van der Waals surface area (Å²) in [4.78, 5) is 25.8. The molecule has 1 fully saturated rings. The minimum absolute atomic E-state index is 0.0432. The molecule has 0 aromatic heterocycles. The number of carbonyl (C=O) groups is 2. The van der Waals surface area contributed by atoms with Gasteiger partial charge in [-0.2, -0.15) is 0 Å². The van der Waals surface area contributed by atoms with Crippen LogP contribution in [0.5, 0.6) is 11.5 Å². The quantitative estimate of drug-likeness (QED) is 0.249. The molecule has 1 aliphatic heterocycles. The van der Waals surface area contributed by atoms with Crippen molar-refractivity contribution >= 4 is 27.9 Å². The normalized spacial score (nSPS) is 24.2. The molecule has 2 N–H and O–H groups in total. The number of esters is 2. The van der Waals surface area contributed by atoms with E-state index in [0.29, 0.717) is 29.2 Å². The van der Waals surface area contributed by atoms with Crippen LogP contribution in [0.3, 0.4) is 0 Å². The van der Waals surface area contributed by atoms with Gasteiger partial charge in [-0.1, -0.05) is 65.3 Å². The van der Waals surface area contributed by atoms with Gasteiger partial charge in [-0.3, -0.25) is 0 Å². The van der Waals surface area contributed by atoms with E-state index < -0.39 is 24.3 Å². The minimum atomic E-state index is -0.915. The molecule has 2 aromatic rings. The summed E-state index contributed by atoms with van der Waals surface area (Å²) in [5.41, 5.74) is 2.29. The SMILES string of the molecule is CC1CCC(C(C)C)C(O[C@H]2OC(=O)C(Br)=C2N[C@H](C(=O)Oc2ccc(-c3ccc(O)cc3)cc2)C(C)C)C1. The molecule has 2 aliphatic rings. The Labute approximate surface area is 239 Å². The molecule has 1 saturated carbocycles. The number of ether oxygens (including phenoxy) is 3. The number of hydrogen-bond donors (Lipinski definition) is 2. The van der Waals surface area contributed by atoms with Crippen LogP contribution in [-0.2, 0) is 19.1 Å². The van der Waals surface area contributed by atoms with Gasteiger partial charge < -0.3 is 24.6 Å². The Kier molecular flexibility index (Phi) is 9.39. The number of carbonyl (C=O) groups excluding carboxylic acids is 2. The van der Waals surface area contributed by atoms with Crippen LogP contribution in [-0.4, -0.2) is 35.5 Å². The summed E-state index contributed by atoms with van der Waals surface area (Å²) in [5.74, 6) is 0.825. The van der Waals surface area contributed by atoms with Crippen LogP contribution in [0.15, 0.2) is 58.7 Å². The highest BCUT2D eigenvalue weighted by Gasteiger charge is 2.41. The summed E-state index contributed by atoms with van der Waals surface area (Å²) in [6.45, 7) is 10.4. The number of cyclic esters (lactones) is 1. The van der Waals surface area contributed by atoms with E-state index in [1.54, 1.807) is 24.3 Å². The van der Waals surface area contributed by atoms with Crippen LogP contribution in [0.2, 0.25) is 0 Å². The van der Waals surface area contributed by atoms with Crippen LogP contribution in [0.4, 0.5) is 0 Å². The predicted molar refractivity (Wildman–Crippen MR) is 153 cm³/mol. The fourth-order valence-electron chi connectivity index (χ4n) is 5.29. The van der Waals surface area contributed by atoms with Crippen molar-refractivity contribution in [2.24, 2.45) is 23.7 Å². The molecular weight excluding hydrogens is 562 g/mol. The molecule has 0 radical (unpaired) electrons. The Hall–Kier alpha value is -2.84. The van der Waals surface area contributed by atoms with Gasteiger partial charge in [0.2, 0.25) is 6.29 Å². The van der Waals surface area contributed by atoms with Crippen LogP contribution in [0.25, 0.3) is 11.1 Å². The number of nitrogens with one attached hydrogen (secondary N) is 1. The number of hydrogen-bond acceptors (Lipinski definition) is 7. The molecule has 1 aliphatic carbocycles. The second kappa shape index (κ2) is 12.6. The van der Waals surface area contributed by atoms with Crippen molar-refractivity contribution in [1.29, 1.82) is 0 Å². The van der Waals surface area contributed by atoms with Crippen molar-refractivity contribution < 1.29 is 28.9 Å². The van der Waals surface area contributed by atoms with E-state index in [2.05, 4.69) is 42.0 Å². The highest BCUT2D eigenvalue weighted by atomic mass is 79.9. The summed E-state index contributed by atoms with van der Waals surface area (Å²) in [5, 5.41) is 12.7. The molecule has 0 spiro atoms. The van der Waals surface area contributed by atoms with Gasteiger partial charge in [0.05, 0.1) is 6.10 Å². The zero-order valence-corrected chi connectivity index (χ0v) is 24.7. The van der Waals surface area contributed by atoms with E-state index in [-0.39, 0.29) is 22.3 Å². The zero-order valence-electron chi connectivity index (χ0n) is 23.1. The number of phenols is 1. The Morgan fingerprint density at radius 2 is 1.64 bits per heavy atom. The molecule has 7 nitrogen and oxygen atoms in total. The van der Waals surface area contributed by atoms with Gasteiger partial charge in [0.1, 0.15) is 27.7 Å². The second-order valence-electron chi connectivity index (χ2n) is 11.3. The van der Waals surface area contributed by atoms with E-state index in [1.807, 2.05) is 38.1 Å². The maximum atomic E-state index is 13.3. The summed E-state index contributed by atoms with van der Waals surface area (Å²) in [6.07, 6.45) is 2.18. The standard InChI is InChI=1S/C31H38BrNO6/c1-17(2)24-15-6-19(5)16-25(24)38-31-28(26(32)29(35)39-31)33-27(18(3)4)30(36)37-23-13-9-21(10-14-23)20-7-11-22(34)12-8-20/h7-14,17-19,24-25,27,31,33-34H,6,15-16H2,1-5H3/t19?,24?,25?,27-,31-/m0/s1. The van der Waals surface area contributed by atoms with Crippen molar-refractivity contribution in [3.05, 3.63) is 58.7 Å². The number of halogens is 1. The maximum Gasteiger partial charge on any atom is 0.349 e. The molecule has 1 heterocycles. The van der Waals surface area contributed by atoms with E-state index in [0.717, 1.165) is 30.4 Å². The largest absolute Gasteiger partial charge is 0.508 e. The fraction of sp³-hybridized carbons (Fsp3) is 0.484. The first kappa shape index (κ1) is 29.2. The van der Waals surface area contributed by atoms with Gasteiger partial charge in [0.25, 0.3) is 0 Å². The van der Waals surface area contributed by atoms with Crippen molar-refractivity contribution in [3.8, 4) is 22.6 Å². The third-order valence-electron chi connectivity index (χ3n) is 7.63. The first-order valence-corrected chi connectivity index (χ1v) is 14.5. The molecule has 2 aromatic carbocycles. The molecule has 0 saturated heterocycles. The molecular formula is C31H38BrNO6. The van der Waals surface area contributed by atoms with Crippen LogP contribution in [0, 0.1) is 23.7 Å². The monoisotopic (exact) mass is 599 g/mol. The molecule has 3 unspecified atom stereocenters. The molecule has 5 atom stereocenters. The van der Waals surface area contributed by atoms with Gasteiger partial charge in [-0.05, 0) is 87.8 Å². The number of phenolic OH excluding ortho intramolecular Hbond substituents is 1. The third-order valence-corrected chi connectivity index (χ3v) is 8.38. The molecule has 0 bridgehead atoms. The van der Waals surface area contributed by atoms with E-state index >= 15 is 0 Å². The smallest absolute Gasteiger partial charge is 0.349 e. The van der Waals surface area contributed by atoms with E-state index in [4.69, 9.17) is 14.2 Å². The van der Waals surface area contributed by atoms with E-state index in [9.17, 15) is 14.7 Å². The van der Waals surface area contributed by atoms with Crippen LogP contribution >= 0.6 is 15.9 Å². The molecule has 210 valence electrons. The van der Waals surface area contributed by atoms with Gasteiger partial charge in [0, 0.05) is 0 Å². The minimum Gasteiger partial charge on any atom is -0.508 e. The van der Waals surface area contributed by atoms with Gasteiger partial charge in [0.15, 0.2) is 0 Å². The van der Waals surface area contributed by atoms with Gasteiger partial charge in [-0.25, -0.2) is 9.59 Å². The lowest BCUT2D eigenvalue weighted by Crippen LogP contribution is -2.46. The summed E-state index contributed by atoms with van der Waals surface area (Å²) >= 11 is 3.35. The summed E-state index contributed by atoms with van der Waals surface area (Å²) in [6, 6.07) is 13.3. The molecule has 0 amide bonds. The van der Waals surface area contributed by atoms with E-state index in [1.165, 1.54) is 0 Å². The van der Waals surface area contributed by atoms with Crippen molar-refractivity contribution in [2.75, 3.05) is 0 Å². The second-order valence-corrected chi connectivity index (χ2v) is 12.1. The average molecular weight is 601 g/mol. The predicted octanol–water partition coefficient (Wildman–Crippen LogP) is 6.55. The number of rotatable bonds is 9. The third kappa shape index (κ3) is 7.03. The highest BCUT2D eigenvalue weighted by molar-refractivity contribution is 9.12. The lowest BCUT2D eigenvalue weighted by atomic mass is 9.75. The van der Waals surface area contributed by atoms with Gasteiger partial charge >= 0.3 is 11.9 Å². The zero-order chi connectivity index (χ0) is 28.3. The van der Waals surface area contributed by atoms with Crippen LogP contribution < -0.4 is 10.1 Å². The van der Waals surface area contributed by atoms with Gasteiger partial charge in [-0.15, -0.1) is 0 Å².